The van der Waals surface area contributed by atoms with Gasteiger partial charge >= 0.3 is 0 Å². The summed E-state index contributed by atoms with van der Waals surface area (Å²) in [5.74, 6) is -0.282. The molecule has 0 saturated carbocycles. The molecule has 0 aliphatic rings. The van der Waals surface area contributed by atoms with Gasteiger partial charge in [0.15, 0.2) is 0 Å². The Kier molecular flexibility index (Phi) is 5.04. The van der Waals surface area contributed by atoms with Gasteiger partial charge in [-0.2, -0.15) is 0 Å². The van der Waals surface area contributed by atoms with Crippen LogP contribution in [-0.4, -0.2) is 5.11 Å². The third kappa shape index (κ3) is 3.64. The average molecular weight is 398 g/mol. The van der Waals surface area contributed by atoms with Gasteiger partial charge in [-0.15, -0.1) is 0 Å². The topological polar surface area (TPSA) is 20.2 Å². The first-order chi connectivity index (χ1) is 9.85. The van der Waals surface area contributed by atoms with E-state index in [1.807, 2.05) is 12.1 Å². The molecule has 21 heavy (non-hydrogen) atoms. The van der Waals surface area contributed by atoms with Gasteiger partial charge in [0.25, 0.3) is 0 Å². The normalized spacial score (nSPS) is 13.2. The highest BCUT2D eigenvalue weighted by Crippen LogP contribution is 2.30. The van der Waals surface area contributed by atoms with Crippen LogP contribution in [0.15, 0.2) is 42.5 Å². The van der Waals surface area contributed by atoms with E-state index in [1.54, 1.807) is 6.07 Å². The average Bonchev–Trinajstić information content (AvgIpc) is 2.47. The summed E-state index contributed by atoms with van der Waals surface area (Å²) in [5.41, 5.74) is 2.96. The van der Waals surface area contributed by atoms with E-state index in [-0.39, 0.29) is 11.2 Å². The van der Waals surface area contributed by atoms with E-state index in [0.29, 0.717) is 0 Å². The van der Waals surface area contributed by atoms with Crippen molar-refractivity contribution in [2.24, 2.45) is 0 Å². The SMILES string of the molecule is CCC(C)(C)c1ccc(C(O)c2ccc(F)cc2I)cc1. The van der Waals surface area contributed by atoms with Crippen LogP contribution in [-0.2, 0) is 5.41 Å². The smallest absolute Gasteiger partial charge is 0.124 e. The van der Waals surface area contributed by atoms with Crippen LogP contribution in [0.4, 0.5) is 4.39 Å². The lowest BCUT2D eigenvalue weighted by Gasteiger charge is -2.24. The Labute approximate surface area is 139 Å². The molecule has 0 amide bonds. The summed E-state index contributed by atoms with van der Waals surface area (Å²) < 4.78 is 13.9. The summed E-state index contributed by atoms with van der Waals surface area (Å²) in [5, 5.41) is 10.5. The predicted molar refractivity (Wildman–Crippen MR) is 92.9 cm³/mol. The number of aliphatic hydroxyl groups excluding tert-OH is 1. The second-order valence-electron chi connectivity index (χ2n) is 5.93. The van der Waals surface area contributed by atoms with Crippen LogP contribution in [0, 0.1) is 9.39 Å². The van der Waals surface area contributed by atoms with Crippen LogP contribution in [0.5, 0.6) is 0 Å². The minimum Gasteiger partial charge on any atom is -0.384 e. The lowest BCUT2D eigenvalue weighted by atomic mass is 9.82. The summed E-state index contributed by atoms with van der Waals surface area (Å²) in [6.45, 7) is 6.59. The number of halogens is 2. The molecule has 1 nitrogen and oxygen atoms in total. The van der Waals surface area contributed by atoms with E-state index in [0.717, 1.165) is 21.1 Å². The maximum atomic E-state index is 13.2. The van der Waals surface area contributed by atoms with Crippen molar-refractivity contribution in [3.05, 3.63) is 68.5 Å². The molecule has 0 saturated heterocycles. The lowest BCUT2D eigenvalue weighted by molar-refractivity contribution is 0.219. The standard InChI is InChI=1S/C18H20FIO/c1-4-18(2,3)13-7-5-12(6-8-13)17(21)15-10-9-14(19)11-16(15)20/h5-11,17,21H,4H2,1-3H3. The second-order valence-corrected chi connectivity index (χ2v) is 7.09. The highest BCUT2D eigenvalue weighted by Gasteiger charge is 2.19. The summed E-state index contributed by atoms with van der Waals surface area (Å²) in [6, 6.07) is 12.5. The third-order valence-electron chi connectivity index (χ3n) is 4.15. The van der Waals surface area contributed by atoms with E-state index in [1.165, 1.54) is 17.7 Å². The lowest BCUT2D eigenvalue weighted by Crippen LogP contribution is -2.15. The van der Waals surface area contributed by atoms with E-state index in [4.69, 9.17) is 0 Å². The Morgan fingerprint density at radius 3 is 2.29 bits per heavy atom. The van der Waals surface area contributed by atoms with Crippen LogP contribution in [0.25, 0.3) is 0 Å². The van der Waals surface area contributed by atoms with Crippen LogP contribution in [0.1, 0.15) is 50.0 Å². The molecule has 0 aliphatic heterocycles. The third-order valence-corrected chi connectivity index (χ3v) is 5.08. The Balaban J connectivity index is 2.30. The molecule has 0 spiro atoms. The molecule has 0 radical (unpaired) electrons. The number of benzene rings is 2. The summed E-state index contributed by atoms with van der Waals surface area (Å²) in [6.07, 6.45) is 0.335. The number of hydrogen-bond acceptors (Lipinski definition) is 1. The van der Waals surface area contributed by atoms with E-state index in [2.05, 4.69) is 55.5 Å². The van der Waals surface area contributed by atoms with E-state index < -0.39 is 6.10 Å². The molecule has 0 fully saturated rings. The first-order valence-corrected chi connectivity index (χ1v) is 8.16. The zero-order chi connectivity index (χ0) is 15.6. The van der Waals surface area contributed by atoms with Crippen molar-refractivity contribution < 1.29 is 9.50 Å². The molecule has 1 atom stereocenters. The molecule has 2 aromatic rings. The van der Waals surface area contributed by atoms with Gasteiger partial charge in [-0.3, -0.25) is 0 Å². The fourth-order valence-electron chi connectivity index (χ4n) is 2.22. The van der Waals surface area contributed by atoms with Crippen molar-refractivity contribution >= 4 is 22.6 Å². The van der Waals surface area contributed by atoms with Crippen molar-refractivity contribution in [1.29, 1.82) is 0 Å². The van der Waals surface area contributed by atoms with Crippen molar-refractivity contribution in [3.63, 3.8) is 0 Å². The monoisotopic (exact) mass is 398 g/mol. The molecular formula is C18H20FIO. The largest absolute Gasteiger partial charge is 0.384 e. The molecule has 0 heterocycles. The quantitative estimate of drug-likeness (QED) is 0.702. The van der Waals surface area contributed by atoms with Gasteiger partial charge in [-0.1, -0.05) is 51.1 Å². The van der Waals surface area contributed by atoms with E-state index in [9.17, 15) is 9.50 Å². The second kappa shape index (κ2) is 6.44. The van der Waals surface area contributed by atoms with Gasteiger partial charge in [0.05, 0.1) is 0 Å². The van der Waals surface area contributed by atoms with Gasteiger partial charge in [0.2, 0.25) is 0 Å². The van der Waals surface area contributed by atoms with Gasteiger partial charge in [0.1, 0.15) is 11.9 Å². The van der Waals surface area contributed by atoms with Crippen molar-refractivity contribution in [2.75, 3.05) is 0 Å². The fourth-order valence-corrected chi connectivity index (χ4v) is 3.00. The van der Waals surface area contributed by atoms with Crippen LogP contribution in [0.2, 0.25) is 0 Å². The van der Waals surface area contributed by atoms with Gasteiger partial charge in [0, 0.05) is 3.57 Å². The molecule has 2 rings (SSSR count). The maximum absolute atomic E-state index is 13.2. The first-order valence-electron chi connectivity index (χ1n) is 7.08. The van der Waals surface area contributed by atoms with Crippen molar-refractivity contribution in [3.8, 4) is 0 Å². The molecular weight excluding hydrogens is 378 g/mol. The Bertz CT molecular complexity index is 620. The highest BCUT2D eigenvalue weighted by atomic mass is 127. The predicted octanol–water partition coefficient (Wildman–Crippen LogP) is 5.20. The zero-order valence-electron chi connectivity index (χ0n) is 12.5. The fraction of sp³-hybridized carbons (Fsp3) is 0.333. The molecule has 0 bridgehead atoms. The first kappa shape index (κ1) is 16.4. The Morgan fingerprint density at radius 1 is 1.14 bits per heavy atom. The number of hydrogen-bond donors (Lipinski definition) is 1. The highest BCUT2D eigenvalue weighted by molar-refractivity contribution is 14.1. The molecule has 0 aromatic heterocycles. The number of rotatable bonds is 4. The molecule has 1 unspecified atom stereocenters. The molecule has 3 heteroatoms. The molecule has 1 N–H and O–H groups in total. The van der Waals surface area contributed by atoms with Crippen molar-refractivity contribution in [1.82, 2.24) is 0 Å². The minimum absolute atomic E-state index is 0.133. The van der Waals surface area contributed by atoms with Crippen LogP contribution < -0.4 is 0 Å². The van der Waals surface area contributed by atoms with E-state index >= 15 is 0 Å². The van der Waals surface area contributed by atoms with Crippen molar-refractivity contribution in [2.45, 2.75) is 38.7 Å². The van der Waals surface area contributed by atoms with Crippen LogP contribution >= 0.6 is 22.6 Å². The molecule has 0 aliphatic carbocycles. The van der Waals surface area contributed by atoms with Gasteiger partial charge in [-0.05, 0) is 63.2 Å². The van der Waals surface area contributed by atoms with Crippen LogP contribution in [0.3, 0.4) is 0 Å². The minimum atomic E-state index is -0.726. The molecule has 2 aromatic carbocycles. The molecule has 112 valence electrons. The summed E-state index contributed by atoms with van der Waals surface area (Å²) in [4.78, 5) is 0. The van der Waals surface area contributed by atoms with Gasteiger partial charge in [-0.25, -0.2) is 4.39 Å². The zero-order valence-corrected chi connectivity index (χ0v) is 14.7. The summed E-state index contributed by atoms with van der Waals surface area (Å²) in [7, 11) is 0. The Hall–Kier alpha value is -0.940. The summed E-state index contributed by atoms with van der Waals surface area (Å²) >= 11 is 2.05. The number of aliphatic hydroxyl groups is 1. The van der Waals surface area contributed by atoms with Gasteiger partial charge < -0.3 is 5.11 Å². The Morgan fingerprint density at radius 2 is 1.76 bits per heavy atom. The maximum Gasteiger partial charge on any atom is 0.124 e.